The molecule has 1 aliphatic heterocycles. The fourth-order valence-electron chi connectivity index (χ4n) is 1.28. The molecule has 0 spiro atoms. The molecule has 1 aliphatic rings. The summed E-state index contributed by atoms with van der Waals surface area (Å²) >= 11 is 0. The van der Waals surface area contributed by atoms with Crippen LogP contribution in [0.25, 0.3) is 0 Å². The van der Waals surface area contributed by atoms with Crippen molar-refractivity contribution in [2.75, 3.05) is 6.61 Å². The lowest BCUT2D eigenvalue weighted by Gasteiger charge is -2.31. The zero-order valence-corrected chi connectivity index (χ0v) is 9.17. The Bertz CT molecular complexity index is 342. The molecule has 0 aliphatic carbocycles. The number of ether oxygens (including phenoxy) is 2. The number of rotatable bonds is 3. The van der Waals surface area contributed by atoms with Gasteiger partial charge in [-0.25, -0.2) is 0 Å². The van der Waals surface area contributed by atoms with E-state index in [1.54, 1.807) is 0 Å². The van der Waals surface area contributed by atoms with Crippen molar-refractivity contribution in [1.29, 1.82) is 0 Å². The minimum Gasteiger partial charge on any atom is -0.364 e. The highest BCUT2D eigenvalue weighted by Crippen LogP contribution is 2.49. The highest BCUT2D eigenvalue weighted by Gasteiger charge is 2.77. The average Bonchev–Trinajstić information content (AvgIpc) is 2.41. The molecule has 0 aromatic rings. The summed E-state index contributed by atoms with van der Waals surface area (Å²) < 4.78 is 71.8. The Kier molecular flexibility index (Phi) is 3.74. The lowest BCUT2D eigenvalue weighted by atomic mass is 10.1. The number of aliphatic hydroxyl groups excluding tert-OH is 1. The van der Waals surface area contributed by atoms with Gasteiger partial charge in [-0.3, -0.25) is 0 Å². The van der Waals surface area contributed by atoms with Crippen LogP contribution in [0.4, 0.5) is 22.0 Å². The molecule has 1 heterocycles. The molecule has 106 valence electrons. The first-order chi connectivity index (χ1) is 7.93. The van der Waals surface area contributed by atoms with E-state index in [0.717, 1.165) is 0 Å². The summed E-state index contributed by atoms with van der Waals surface area (Å²) in [4.78, 5) is 0. The van der Waals surface area contributed by atoms with Crippen molar-refractivity contribution in [2.24, 2.45) is 0 Å². The molecular formula is C9H11F5O4. The van der Waals surface area contributed by atoms with Crippen LogP contribution in [0.1, 0.15) is 6.92 Å². The Hall–Kier alpha value is -0.770. The van der Waals surface area contributed by atoms with Crippen LogP contribution in [0.15, 0.2) is 12.2 Å². The van der Waals surface area contributed by atoms with E-state index in [4.69, 9.17) is 10.2 Å². The van der Waals surface area contributed by atoms with Crippen LogP contribution >= 0.6 is 0 Å². The van der Waals surface area contributed by atoms with E-state index in [1.807, 2.05) is 0 Å². The van der Waals surface area contributed by atoms with E-state index >= 15 is 0 Å². The molecule has 0 bridgehead atoms. The van der Waals surface area contributed by atoms with Crippen LogP contribution < -0.4 is 0 Å². The topological polar surface area (TPSA) is 58.9 Å². The minimum absolute atomic E-state index is 0.0757. The van der Waals surface area contributed by atoms with Crippen molar-refractivity contribution in [3.63, 3.8) is 0 Å². The zero-order chi connectivity index (χ0) is 14.4. The zero-order valence-electron chi connectivity index (χ0n) is 9.17. The predicted molar refractivity (Wildman–Crippen MR) is 47.6 cm³/mol. The second-order valence-electron chi connectivity index (χ2n) is 3.90. The van der Waals surface area contributed by atoms with Crippen molar-refractivity contribution in [1.82, 2.24) is 0 Å². The van der Waals surface area contributed by atoms with Gasteiger partial charge in [-0.05, 0) is 12.5 Å². The Morgan fingerprint density at radius 3 is 2.33 bits per heavy atom. The molecule has 0 amide bonds. The Morgan fingerprint density at radius 2 is 2.00 bits per heavy atom. The van der Waals surface area contributed by atoms with Gasteiger partial charge in [0.1, 0.15) is 0 Å². The summed E-state index contributed by atoms with van der Waals surface area (Å²) in [6.45, 7) is 3.20. The minimum atomic E-state index is -5.69. The van der Waals surface area contributed by atoms with Gasteiger partial charge in [0, 0.05) is 0 Å². The van der Waals surface area contributed by atoms with Crippen molar-refractivity contribution in [2.45, 2.75) is 37.2 Å². The molecule has 1 saturated heterocycles. The quantitative estimate of drug-likeness (QED) is 0.462. The van der Waals surface area contributed by atoms with E-state index < -0.39 is 36.9 Å². The summed E-state index contributed by atoms with van der Waals surface area (Å²) in [5.41, 5.74) is -0.0757. The number of alkyl halides is 5. The van der Waals surface area contributed by atoms with Crippen LogP contribution in [0, 0.1) is 0 Å². The molecule has 4 nitrogen and oxygen atoms in total. The van der Waals surface area contributed by atoms with Gasteiger partial charge < -0.3 is 19.7 Å². The van der Waals surface area contributed by atoms with E-state index in [2.05, 4.69) is 16.1 Å². The van der Waals surface area contributed by atoms with Gasteiger partial charge in [0.05, 0.1) is 6.61 Å². The molecule has 1 fully saturated rings. The molecule has 1 rings (SSSR count). The monoisotopic (exact) mass is 278 g/mol. The van der Waals surface area contributed by atoms with Crippen molar-refractivity contribution in [3.05, 3.63) is 12.2 Å². The largest absolute Gasteiger partial charge is 0.449 e. The second-order valence-corrected chi connectivity index (χ2v) is 3.90. The maximum absolute atomic E-state index is 13.4. The maximum Gasteiger partial charge on any atom is 0.449 e. The van der Waals surface area contributed by atoms with Gasteiger partial charge in [-0.15, -0.1) is 0 Å². The Morgan fingerprint density at radius 1 is 1.50 bits per heavy atom. The Balaban J connectivity index is 2.93. The Labute approximate surface area is 98.6 Å². The lowest BCUT2D eigenvalue weighted by molar-refractivity contribution is -0.407. The molecule has 0 radical (unpaired) electrons. The van der Waals surface area contributed by atoms with E-state index in [0.29, 0.717) is 0 Å². The van der Waals surface area contributed by atoms with Gasteiger partial charge in [-0.1, -0.05) is 6.58 Å². The highest BCUT2D eigenvalue weighted by molar-refractivity contribution is 5.03. The summed E-state index contributed by atoms with van der Waals surface area (Å²) in [6, 6.07) is 0. The molecule has 0 saturated carbocycles. The third-order valence-electron chi connectivity index (χ3n) is 2.40. The summed E-state index contributed by atoms with van der Waals surface area (Å²) in [5.74, 6) is -9.37. The van der Waals surface area contributed by atoms with Crippen LogP contribution in [0.5, 0.6) is 0 Å². The molecule has 2 N–H and O–H groups in total. The van der Waals surface area contributed by atoms with E-state index in [1.165, 1.54) is 6.92 Å². The number of aliphatic hydroxyl groups is 2. The molecule has 18 heavy (non-hydrogen) atoms. The SMILES string of the molecule is C=C(C)C(O)OC1COC(O)(C(F)(F)F)C1(F)F. The fourth-order valence-corrected chi connectivity index (χ4v) is 1.28. The van der Waals surface area contributed by atoms with E-state index in [-0.39, 0.29) is 5.57 Å². The summed E-state index contributed by atoms with van der Waals surface area (Å²) in [5, 5.41) is 18.0. The normalized spacial score (nSPS) is 33.4. The number of hydrogen-bond acceptors (Lipinski definition) is 4. The standard InChI is InChI=1S/C9H11F5O4/c1-4(2)6(15)18-5-3-17-8(16,7(5,10)11)9(12,13)14/h5-6,15-16H,1,3H2,2H3. The van der Waals surface area contributed by atoms with E-state index in [9.17, 15) is 22.0 Å². The first-order valence-electron chi connectivity index (χ1n) is 4.73. The molecule has 9 heteroatoms. The van der Waals surface area contributed by atoms with Gasteiger partial charge >= 0.3 is 17.9 Å². The third kappa shape index (κ3) is 2.22. The van der Waals surface area contributed by atoms with Gasteiger partial charge in [0.25, 0.3) is 0 Å². The second kappa shape index (κ2) is 4.41. The smallest absolute Gasteiger partial charge is 0.364 e. The molecule has 3 unspecified atom stereocenters. The average molecular weight is 278 g/mol. The predicted octanol–water partition coefficient (Wildman–Crippen LogP) is 1.18. The fraction of sp³-hybridized carbons (Fsp3) is 0.778. The number of halogens is 5. The molecule has 0 aromatic carbocycles. The summed E-state index contributed by atoms with van der Waals surface area (Å²) in [6.07, 6.45) is -10.0. The van der Waals surface area contributed by atoms with Crippen LogP contribution in [0.2, 0.25) is 0 Å². The van der Waals surface area contributed by atoms with Crippen molar-refractivity contribution < 1.29 is 41.6 Å². The van der Waals surface area contributed by atoms with Gasteiger partial charge in [0.2, 0.25) is 0 Å². The number of hydrogen-bond donors (Lipinski definition) is 2. The first-order valence-corrected chi connectivity index (χ1v) is 4.73. The van der Waals surface area contributed by atoms with Crippen molar-refractivity contribution >= 4 is 0 Å². The molecule has 0 aromatic heterocycles. The third-order valence-corrected chi connectivity index (χ3v) is 2.40. The van der Waals surface area contributed by atoms with Gasteiger partial charge in [-0.2, -0.15) is 22.0 Å². The van der Waals surface area contributed by atoms with Crippen LogP contribution in [-0.2, 0) is 9.47 Å². The van der Waals surface area contributed by atoms with Crippen molar-refractivity contribution in [3.8, 4) is 0 Å². The summed E-state index contributed by atoms with van der Waals surface area (Å²) in [7, 11) is 0. The first kappa shape index (κ1) is 15.3. The highest BCUT2D eigenvalue weighted by atomic mass is 19.4. The van der Waals surface area contributed by atoms with Crippen LogP contribution in [0.3, 0.4) is 0 Å². The molecular weight excluding hydrogens is 267 g/mol. The van der Waals surface area contributed by atoms with Gasteiger partial charge in [0.15, 0.2) is 12.4 Å². The molecule has 3 atom stereocenters. The van der Waals surface area contributed by atoms with Crippen LogP contribution in [-0.4, -0.2) is 47.1 Å². The maximum atomic E-state index is 13.4. The lowest BCUT2D eigenvalue weighted by Crippen LogP contribution is -2.59.